The topological polar surface area (TPSA) is 89.0 Å². The fourth-order valence-corrected chi connectivity index (χ4v) is 3.07. The second kappa shape index (κ2) is 11.6. The lowest BCUT2D eigenvalue weighted by Gasteiger charge is -2.26. The third-order valence-corrected chi connectivity index (χ3v) is 4.85. The average Bonchev–Trinajstić information content (AvgIpc) is 3.19. The first kappa shape index (κ1) is 23.8. The van der Waals surface area contributed by atoms with Crippen LogP contribution in [0.25, 0.3) is 0 Å². The minimum atomic E-state index is -0.378. The van der Waals surface area contributed by atoms with Crippen molar-refractivity contribution in [3.05, 3.63) is 0 Å². The van der Waals surface area contributed by atoms with Crippen LogP contribution in [0.2, 0.25) is 0 Å². The first-order chi connectivity index (χ1) is 12.2. The second-order valence-electron chi connectivity index (χ2n) is 8.46. The summed E-state index contributed by atoms with van der Waals surface area (Å²) in [6, 6.07) is 0. The molecule has 2 aliphatic heterocycles. The van der Waals surface area contributed by atoms with E-state index in [0.717, 1.165) is 45.4 Å². The Morgan fingerprint density at radius 2 is 1.15 bits per heavy atom. The van der Waals surface area contributed by atoms with Gasteiger partial charge < -0.3 is 30.4 Å². The Kier molecular flexibility index (Phi) is 10.6. The summed E-state index contributed by atoms with van der Waals surface area (Å²) in [5.41, 5.74) is 11.2. The minimum absolute atomic E-state index is 0.127. The van der Waals surface area contributed by atoms with E-state index in [1.807, 2.05) is 27.7 Å². The molecule has 0 spiro atoms. The van der Waals surface area contributed by atoms with Crippen molar-refractivity contribution in [1.29, 1.82) is 0 Å². The average molecular weight is 375 g/mol. The molecule has 2 fully saturated rings. The number of nitrogens with two attached hydrogens (primary N) is 2. The van der Waals surface area contributed by atoms with E-state index >= 15 is 0 Å². The standard InChI is InChI=1S/C11H23NO2.C9H19NO2/c1-11(13-9-10-14-11)7-5-3-2-4-6-8-12;1-8(2,10)4-5-9(3)11-6-7-12-9/h2-10,12H2,1H3;4-7,10H2,1-3H3. The first-order valence-electron chi connectivity index (χ1n) is 10.2. The van der Waals surface area contributed by atoms with E-state index < -0.39 is 0 Å². The third kappa shape index (κ3) is 10.8. The van der Waals surface area contributed by atoms with Gasteiger partial charge in [-0.25, -0.2) is 0 Å². The van der Waals surface area contributed by atoms with Crippen LogP contribution < -0.4 is 11.5 Å². The summed E-state index contributed by atoms with van der Waals surface area (Å²) in [4.78, 5) is 0. The lowest BCUT2D eigenvalue weighted by Crippen LogP contribution is -2.36. The molecule has 156 valence electrons. The fourth-order valence-electron chi connectivity index (χ4n) is 3.07. The van der Waals surface area contributed by atoms with E-state index in [0.29, 0.717) is 13.2 Å². The van der Waals surface area contributed by atoms with Crippen LogP contribution in [0.4, 0.5) is 0 Å². The van der Waals surface area contributed by atoms with Gasteiger partial charge in [-0.15, -0.1) is 0 Å². The van der Waals surface area contributed by atoms with E-state index in [1.54, 1.807) is 0 Å². The molecule has 0 amide bonds. The Bertz CT molecular complexity index is 359. The van der Waals surface area contributed by atoms with Crippen LogP contribution in [0.5, 0.6) is 0 Å². The zero-order chi connectivity index (χ0) is 19.5. The van der Waals surface area contributed by atoms with Crippen LogP contribution in [0.1, 0.15) is 79.1 Å². The van der Waals surface area contributed by atoms with Crippen LogP contribution in [-0.2, 0) is 18.9 Å². The monoisotopic (exact) mass is 374 g/mol. The minimum Gasteiger partial charge on any atom is -0.348 e. The van der Waals surface area contributed by atoms with Crippen LogP contribution in [0.3, 0.4) is 0 Å². The van der Waals surface area contributed by atoms with Gasteiger partial charge in [-0.05, 0) is 53.5 Å². The van der Waals surface area contributed by atoms with Crippen molar-refractivity contribution in [2.75, 3.05) is 33.0 Å². The molecule has 6 nitrogen and oxygen atoms in total. The van der Waals surface area contributed by atoms with Gasteiger partial charge in [0.25, 0.3) is 0 Å². The highest BCUT2D eigenvalue weighted by Gasteiger charge is 2.32. The van der Waals surface area contributed by atoms with Crippen LogP contribution >= 0.6 is 0 Å². The third-order valence-electron chi connectivity index (χ3n) is 4.85. The Morgan fingerprint density at radius 1 is 0.731 bits per heavy atom. The van der Waals surface area contributed by atoms with Crippen molar-refractivity contribution >= 4 is 0 Å². The summed E-state index contributed by atoms with van der Waals surface area (Å²) in [7, 11) is 0. The maximum atomic E-state index is 5.86. The molecule has 2 saturated heterocycles. The summed E-state index contributed by atoms with van der Waals surface area (Å²) in [5, 5.41) is 0. The molecule has 6 heteroatoms. The molecule has 0 atom stereocenters. The summed E-state index contributed by atoms with van der Waals surface area (Å²) in [6.45, 7) is 11.8. The Balaban J connectivity index is 0.000000263. The molecule has 0 bridgehead atoms. The lowest BCUT2D eigenvalue weighted by molar-refractivity contribution is -0.149. The summed E-state index contributed by atoms with van der Waals surface area (Å²) >= 11 is 0. The molecule has 2 heterocycles. The van der Waals surface area contributed by atoms with Gasteiger partial charge in [0.05, 0.1) is 26.4 Å². The van der Waals surface area contributed by atoms with Crippen molar-refractivity contribution in [1.82, 2.24) is 0 Å². The molecule has 2 rings (SSSR count). The van der Waals surface area contributed by atoms with E-state index in [2.05, 4.69) is 0 Å². The van der Waals surface area contributed by atoms with Crippen LogP contribution in [0, 0.1) is 0 Å². The van der Waals surface area contributed by atoms with E-state index in [9.17, 15) is 0 Å². The number of hydrogen-bond donors (Lipinski definition) is 2. The zero-order valence-electron chi connectivity index (χ0n) is 17.5. The molecule has 0 aromatic carbocycles. The highest BCUT2D eigenvalue weighted by atomic mass is 16.7. The quantitative estimate of drug-likeness (QED) is 0.570. The molecule has 2 aliphatic rings. The molecule has 0 aromatic heterocycles. The maximum Gasteiger partial charge on any atom is 0.165 e. The van der Waals surface area contributed by atoms with Crippen molar-refractivity contribution in [3.8, 4) is 0 Å². The number of rotatable bonds is 10. The Morgan fingerprint density at radius 3 is 1.62 bits per heavy atom. The van der Waals surface area contributed by atoms with Crippen molar-refractivity contribution in [3.63, 3.8) is 0 Å². The normalized spacial score (nSPS) is 21.5. The number of ether oxygens (including phenoxy) is 4. The Hall–Kier alpha value is -0.240. The molecule has 26 heavy (non-hydrogen) atoms. The summed E-state index contributed by atoms with van der Waals surface area (Å²) < 4.78 is 22.0. The van der Waals surface area contributed by atoms with Crippen LogP contribution in [-0.4, -0.2) is 50.1 Å². The largest absolute Gasteiger partial charge is 0.348 e. The van der Waals surface area contributed by atoms with Crippen molar-refractivity contribution in [2.45, 2.75) is 96.2 Å². The molecule has 0 aromatic rings. The SMILES string of the molecule is CC(C)(N)CCC1(C)OCCO1.CC1(CCCCCCCN)OCCO1. The summed E-state index contributed by atoms with van der Waals surface area (Å²) in [6.07, 6.45) is 8.98. The molecule has 4 N–H and O–H groups in total. The van der Waals surface area contributed by atoms with Gasteiger partial charge in [0.2, 0.25) is 0 Å². The predicted molar refractivity (Wildman–Crippen MR) is 105 cm³/mol. The van der Waals surface area contributed by atoms with Gasteiger partial charge in [-0.3, -0.25) is 0 Å². The van der Waals surface area contributed by atoms with Crippen molar-refractivity contribution < 1.29 is 18.9 Å². The molecular weight excluding hydrogens is 332 g/mol. The van der Waals surface area contributed by atoms with E-state index in [1.165, 1.54) is 25.7 Å². The van der Waals surface area contributed by atoms with E-state index in [-0.39, 0.29) is 17.1 Å². The smallest absolute Gasteiger partial charge is 0.165 e. The highest BCUT2D eigenvalue weighted by Crippen LogP contribution is 2.26. The first-order valence-corrected chi connectivity index (χ1v) is 10.2. The van der Waals surface area contributed by atoms with Crippen molar-refractivity contribution in [2.24, 2.45) is 11.5 Å². The Labute approximate surface area is 160 Å². The zero-order valence-corrected chi connectivity index (χ0v) is 17.5. The number of hydrogen-bond acceptors (Lipinski definition) is 6. The second-order valence-corrected chi connectivity index (χ2v) is 8.46. The molecule has 0 radical (unpaired) electrons. The molecule has 0 aliphatic carbocycles. The van der Waals surface area contributed by atoms with Gasteiger partial charge in [0.1, 0.15) is 0 Å². The van der Waals surface area contributed by atoms with E-state index in [4.69, 9.17) is 30.4 Å². The highest BCUT2D eigenvalue weighted by molar-refractivity contribution is 4.77. The van der Waals surface area contributed by atoms with Crippen LogP contribution in [0.15, 0.2) is 0 Å². The molecule has 0 unspecified atom stereocenters. The summed E-state index contributed by atoms with van der Waals surface area (Å²) in [5.74, 6) is -0.662. The van der Waals surface area contributed by atoms with Gasteiger partial charge in [-0.1, -0.05) is 19.3 Å². The van der Waals surface area contributed by atoms with Gasteiger partial charge in [-0.2, -0.15) is 0 Å². The maximum absolute atomic E-state index is 5.86. The molecule has 0 saturated carbocycles. The predicted octanol–water partition coefficient (Wildman–Crippen LogP) is 3.32. The van der Waals surface area contributed by atoms with Gasteiger partial charge >= 0.3 is 0 Å². The van der Waals surface area contributed by atoms with Gasteiger partial charge in [0.15, 0.2) is 11.6 Å². The van der Waals surface area contributed by atoms with Gasteiger partial charge in [0, 0.05) is 18.4 Å². The number of unbranched alkanes of at least 4 members (excludes halogenated alkanes) is 4. The lowest BCUT2D eigenvalue weighted by atomic mass is 9.97. The molecular formula is C20H42N2O4. The fraction of sp³-hybridized carbons (Fsp3) is 1.00.